The van der Waals surface area contributed by atoms with Crippen molar-refractivity contribution in [1.82, 2.24) is 0 Å². The maximum absolute atomic E-state index is 12.5. The van der Waals surface area contributed by atoms with Crippen molar-refractivity contribution in [3.05, 3.63) is 53.6 Å². The first-order chi connectivity index (χ1) is 13.3. The van der Waals surface area contributed by atoms with E-state index in [0.717, 1.165) is 30.9 Å². The van der Waals surface area contributed by atoms with E-state index < -0.39 is 27.3 Å². The number of aromatic carboxylic acids is 1. The largest absolute Gasteiger partial charge is 0.507 e. The number of hydrogen-bond donors (Lipinski definition) is 3. The number of nitrogens with one attached hydrogen (secondary N) is 1. The smallest absolute Gasteiger partial charge is 0.339 e. The Bertz CT molecular complexity index is 932. The van der Waals surface area contributed by atoms with Crippen LogP contribution in [0.3, 0.4) is 0 Å². The predicted molar refractivity (Wildman–Crippen MR) is 107 cm³/mol. The third-order valence-corrected chi connectivity index (χ3v) is 6.66. The van der Waals surface area contributed by atoms with Gasteiger partial charge in [-0.25, -0.2) is 13.2 Å². The van der Waals surface area contributed by atoms with Gasteiger partial charge in [-0.2, -0.15) is 0 Å². The van der Waals surface area contributed by atoms with Crippen molar-refractivity contribution < 1.29 is 23.4 Å². The van der Waals surface area contributed by atoms with Gasteiger partial charge in [-0.3, -0.25) is 4.72 Å². The van der Waals surface area contributed by atoms with Crippen molar-refractivity contribution in [3.63, 3.8) is 0 Å². The molecule has 1 aliphatic carbocycles. The number of aryl methyl sites for hydroxylation is 1. The number of carboxylic acid groups (broad SMARTS) is 1. The van der Waals surface area contributed by atoms with E-state index >= 15 is 0 Å². The normalized spacial score (nSPS) is 15.3. The molecule has 0 amide bonds. The molecule has 1 fully saturated rings. The number of sulfonamides is 1. The first-order valence-electron chi connectivity index (χ1n) is 9.53. The van der Waals surface area contributed by atoms with E-state index in [0.29, 0.717) is 5.69 Å². The van der Waals surface area contributed by atoms with Crippen molar-refractivity contribution in [2.45, 2.75) is 49.8 Å². The fourth-order valence-corrected chi connectivity index (χ4v) is 4.74. The van der Waals surface area contributed by atoms with Crippen LogP contribution in [0.2, 0.25) is 0 Å². The third-order valence-electron chi connectivity index (χ3n) is 5.28. The highest BCUT2D eigenvalue weighted by Crippen LogP contribution is 2.28. The summed E-state index contributed by atoms with van der Waals surface area (Å²) < 4.78 is 27.5. The Kier molecular flexibility index (Phi) is 6.24. The van der Waals surface area contributed by atoms with E-state index in [1.807, 2.05) is 12.1 Å². The molecule has 0 bridgehead atoms. The number of rotatable bonds is 7. The summed E-state index contributed by atoms with van der Waals surface area (Å²) in [5, 5.41) is 18.6. The Hall–Kier alpha value is -2.54. The maximum atomic E-state index is 12.5. The molecule has 2 aromatic carbocycles. The molecule has 7 heteroatoms. The van der Waals surface area contributed by atoms with Crippen LogP contribution in [-0.4, -0.2) is 24.6 Å². The standard InChI is InChI=1S/C21H25NO5S/c23-20-13-12-18(14-19(20)21(24)25)28(26,27)22-17-10-8-16(9-11-17)7-6-15-4-2-1-3-5-15/h8-15,22-23H,1-7H2,(H,24,25). The van der Waals surface area contributed by atoms with Crippen LogP contribution in [0.25, 0.3) is 0 Å². The molecule has 6 nitrogen and oxygen atoms in total. The molecule has 0 unspecified atom stereocenters. The topological polar surface area (TPSA) is 104 Å². The van der Waals surface area contributed by atoms with Crippen LogP contribution in [-0.2, 0) is 16.4 Å². The molecule has 150 valence electrons. The number of aromatic hydroxyl groups is 1. The minimum absolute atomic E-state index is 0.218. The van der Waals surface area contributed by atoms with Gasteiger partial charge in [-0.1, -0.05) is 44.2 Å². The second-order valence-electron chi connectivity index (χ2n) is 7.33. The number of phenols is 1. The molecule has 1 aliphatic rings. The van der Waals surface area contributed by atoms with Crippen molar-refractivity contribution in [2.24, 2.45) is 5.92 Å². The molecular formula is C21H25NO5S. The molecule has 0 atom stereocenters. The number of benzene rings is 2. The van der Waals surface area contributed by atoms with Crippen LogP contribution < -0.4 is 4.72 Å². The van der Waals surface area contributed by atoms with Crippen molar-refractivity contribution in [1.29, 1.82) is 0 Å². The maximum Gasteiger partial charge on any atom is 0.339 e. The molecule has 0 aliphatic heterocycles. The fraction of sp³-hybridized carbons (Fsp3) is 0.381. The van der Waals surface area contributed by atoms with Crippen LogP contribution in [0, 0.1) is 5.92 Å². The zero-order valence-electron chi connectivity index (χ0n) is 15.6. The summed E-state index contributed by atoms with van der Waals surface area (Å²) in [6.07, 6.45) is 8.76. The Morgan fingerprint density at radius 2 is 1.71 bits per heavy atom. The Balaban J connectivity index is 1.65. The number of anilines is 1. The van der Waals surface area contributed by atoms with Gasteiger partial charge in [-0.05, 0) is 54.7 Å². The predicted octanol–water partition coefficient (Wildman–Crippen LogP) is 4.40. The van der Waals surface area contributed by atoms with Crippen LogP contribution in [0.5, 0.6) is 5.75 Å². The summed E-state index contributed by atoms with van der Waals surface area (Å²) >= 11 is 0. The number of carbonyl (C=O) groups is 1. The number of carboxylic acids is 1. The zero-order valence-corrected chi connectivity index (χ0v) is 16.4. The first kappa shape index (κ1) is 20.2. The quantitative estimate of drug-likeness (QED) is 0.635. The van der Waals surface area contributed by atoms with E-state index in [9.17, 15) is 18.3 Å². The molecule has 1 saturated carbocycles. The summed E-state index contributed by atoms with van der Waals surface area (Å²) in [6, 6.07) is 10.4. The first-order valence-corrected chi connectivity index (χ1v) is 11.0. The highest BCUT2D eigenvalue weighted by molar-refractivity contribution is 7.92. The fourth-order valence-electron chi connectivity index (χ4n) is 3.65. The second-order valence-corrected chi connectivity index (χ2v) is 9.01. The van der Waals surface area contributed by atoms with E-state index in [2.05, 4.69) is 4.72 Å². The Morgan fingerprint density at radius 1 is 1.04 bits per heavy atom. The Morgan fingerprint density at radius 3 is 2.36 bits per heavy atom. The van der Waals surface area contributed by atoms with Gasteiger partial charge in [0.05, 0.1) is 4.90 Å². The minimum atomic E-state index is -3.95. The molecule has 0 heterocycles. The van der Waals surface area contributed by atoms with Crippen LogP contribution in [0.15, 0.2) is 47.4 Å². The molecule has 0 radical (unpaired) electrons. The summed E-state index contributed by atoms with van der Waals surface area (Å²) in [6.45, 7) is 0. The van der Waals surface area contributed by atoms with Gasteiger partial charge < -0.3 is 10.2 Å². The van der Waals surface area contributed by atoms with Crippen LogP contribution >= 0.6 is 0 Å². The summed E-state index contributed by atoms with van der Waals surface area (Å²) in [4.78, 5) is 10.9. The minimum Gasteiger partial charge on any atom is -0.507 e. The summed E-state index contributed by atoms with van der Waals surface area (Å²) in [5.74, 6) is -1.07. The van der Waals surface area contributed by atoms with Gasteiger partial charge in [0.2, 0.25) is 0 Å². The van der Waals surface area contributed by atoms with Gasteiger partial charge >= 0.3 is 5.97 Å². The average molecular weight is 404 g/mol. The van der Waals surface area contributed by atoms with Gasteiger partial charge in [0, 0.05) is 5.69 Å². The zero-order chi connectivity index (χ0) is 20.1. The van der Waals surface area contributed by atoms with Crippen molar-refractivity contribution in [3.8, 4) is 5.75 Å². The van der Waals surface area contributed by atoms with Gasteiger partial charge in [0.1, 0.15) is 11.3 Å². The van der Waals surface area contributed by atoms with Crippen LogP contribution in [0.1, 0.15) is 54.4 Å². The summed E-state index contributed by atoms with van der Waals surface area (Å²) in [7, 11) is -3.95. The molecule has 3 N–H and O–H groups in total. The van der Waals surface area contributed by atoms with Gasteiger partial charge in [0.15, 0.2) is 0 Å². The van der Waals surface area contributed by atoms with Crippen molar-refractivity contribution >= 4 is 21.7 Å². The molecule has 0 saturated heterocycles. The molecule has 0 aromatic heterocycles. The van der Waals surface area contributed by atoms with Crippen LogP contribution in [0.4, 0.5) is 5.69 Å². The van der Waals surface area contributed by atoms with Crippen molar-refractivity contribution in [2.75, 3.05) is 4.72 Å². The molecular weight excluding hydrogens is 378 g/mol. The van der Waals surface area contributed by atoms with E-state index in [1.165, 1.54) is 43.7 Å². The third kappa shape index (κ3) is 5.04. The molecule has 3 rings (SSSR count). The van der Waals surface area contributed by atoms with E-state index in [-0.39, 0.29) is 4.90 Å². The second kappa shape index (κ2) is 8.65. The lowest BCUT2D eigenvalue weighted by Gasteiger charge is -2.21. The lowest BCUT2D eigenvalue weighted by molar-refractivity contribution is 0.0693. The van der Waals surface area contributed by atoms with E-state index in [1.54, 1.807) is 12.1 Å². The van der Waals surface area contributed by atoms with E-state index in [4.69, 9.17) is 5.11 Å². The molecule has 28 heavy (non-hydrogen) atoms. The number of hydrogen-bond acceptors (Lipinski definition) is 4. The average Bonchev–Trinajstić information content (AvgIpc) is 2.68. The van der Waals surface area contributed by atoms with Gasteiger partial charge in [0.25, 0.3) is 10.0 Å². The lowest BCUT2D eigenvalue weighted by atomic mass is 9.85. The SMILES string of the molecule is O=C(O)c1cc(S(=O)(=O)Nc2ccc(CCC3CCCCC3)cc2)ccc1O. The Labute approximate surface area is 165 Å². The monoisotopic (exact) mass is 403 g/mol. The summed E-state index contributed by atoms with van der Waals surface area (Å²) in [5.41, 5.74) is 1.12. The highest BCUT2D eigenvalue weighted by Gasteiger charge is 2.19. The molecule has 0 spiro atoms. The highest BCUT2D eigenvalue weighted by atomic mass is 32.2. The lowest BCUT2D eigenvalue weighted by Crippen LogP contribution is -2.14. The van der Waals surface area contributed by atoms with Gasteiger partial charge in [-0.15, -0.1) is 0 Å². The molecule has 2 aromatic rings.